The second-order valence-electron chi connectivity index (χ2n) is 4.22. The predicted octanol–water partition coefficient (Wildman–Crippen LogP) is 3.32. The van der Waals surface area contributed by atoms with Crippen molar-refractivity contribution in [3.8, 4) is 5.75 Å². The summed E-state index contributed by atoms with van der Waals surface area (Å²) >= 11 is 0. The zero-order valence-electron chi connectivity index (χ0n) is 9.66. The number of alkyl halides is 3. The summed E-state index contributed by atoms with van der Waals surface area (Å²) in [6.45, 7) is 4.30. The maximum Gasteiger partial charge on any atom is 0.418 e. The number of benzene rings is 1. The summed E-state index contributed by atoms with van der Waals surface area (Å²) in [5.41, 5.74) is -0.209. The Labute approximate surface area is 98.0 Å². The van der Waals surface area contributed by atoms with Crippen LogP contribution in [0.1, 0.15) is 25.5 Å². The molecule has 1 unspecified atom stereocenters. The van der Waals surface area contributed by atoms with Crippen molar-refractivity contribution >= 4 is 0 Å². The molecule has 0 aromatic heterocycles. The summed E-state index contributed by atoms with van der Waals surface area (Å²) in [5.74, 6) is 0.616. The fourth-order valence-corrected chi connectivity index (χ4v) is 1.23. The van der Waals surface area contributed by atoms with Crippen LogP contribution in [0.5, 0.6) is 5.75 Å². The molecule has 0 fully saturated rings. The molecule has 1 aromatic rings. The van der Waals surface area contributed by atoms with Crippen molar-refractivity contribution in [2.75, 3.05) is 6.61 Å². The van der Waals surface area contributed by atoms with Crippen LogP contribution in [0.15, 0.2) is 24.3 Å². The average molecular weight is 248 g/mol. The lowest BCUT2D eigenvalue weighted by molar-refractivity contribution is -0.206. The highest BCUT2D eigenvalue weighted by molar-refractivity contribution is 5.30. The van der Waals surface area contributed by atoms with Gasteiger partial charge in [-0.25, -0.2) is 0 Å². The molecule has 1 rings (SSSR count). The van der Waals surface area contributed by atoms with Crippen molar-refractivity contribution in [2.45, 2.75) is 26.1 Å². The minimum atomic E-state index is -4.66. The first-order chi connectivity index (χ1) is 7.80. The first kappa shape index (κ1) is 13.8. The highest BCUT2D eigenvalue weighted by atomic mass is 19.4. The summed E-state index contributed by atoms with van der Waals surface area (Å²) in [6.07, 6.45) is -7.12. The van der Waals surface area contributed by atoms with Crippen LogP contribution in [-0.2, 0) is 0 Å². The molecule has 1 aromatic carbocycles. The molecule has 5 heteroatoms. The highest BCUT2D eigenvalue weighted by Gasteiger charge is 2.39. The lowest BCUT2D eigenvalue weighted by Crippen LogP contribution is -2.20. The van der Waals surface area contributed by atoms with Crippen molar-refractivity contribution in [3.05, 3.63) is 29.8 Å². The standard InChI is InChI=1S/C12H15F3O2/c1-8(2)7-17-10-5-3-4-9(6-10)11(16)12(13,14)15/h3-6,8,11,16H,7H2,1-2H3. The Morgan fingerprint density at radius 1 is 1.29 bits per heavy atom. The predicted molar refractivity (Wildman–Crippen MR) is 57.8 cm³/mol. The van der Waals surface area contributed by atoms with Crippen LogP contribution in [0, 0.1) is 5.92 Å². The topological polar surface area (TPSA) is 29.5 Å². The van der Waals surface area contributed by atoms with Crippen LogP contribution in [0.3, 0.4) is 0 Å². The molecule has 2 nitrogen and oxygen atoms in total. The Kier molecular flexibility index (Phi) is 4.40. The number of ether oxygens (including phenoxy) is 1. The second-order valence-corrected chi connectivity index (χ2v) is 4.22. The van der Waals surface area contributed by atoms with Gasteiger partial charge in [-0.2, -0.15) is 13.2 Å². The Bertz CT molecular complexity index is 361. The molecule has 0 radical (unpaired) electrons. The van der Waals surface area contributed by atoms with Gasteiger partial charge < -0.3 is 9.84 Å². The molecular formula is C12H15F3O2. The van der Waals surface area contributed by atoms with E-state index >= 15 is 0 Å². The van der Waals surface area contributed by atoms with E-state index in [1.165, 1.54) is 18.2 Å². The number of aliphatic hydroxyl groups excluding tert-OH is 1. The monoisotopic (exact) mass is 248 g/mol. The fourth-order valence-electron chi connectivity index (χ4n) is 1.23. The maximum absolute atomic E-state index is 12.3. The van der Waals surface area contributed by atoms with Gasteiger partial charge in [0, 0.05) is 0 Å². The maximum atomic E-state index is 12.3. The zero-order valence-corrected chi connectivity index (χ0v) is 9.66. The van der Waals surface area contributed by atoms with Crippen molar-refractivity contribution in [1.29, 1.82) is 0 Å². The van der Waals surface area contributed by atoms with Crippen molar-refractivity contribution in [3.63, 3.8) is 0 Å². The van der Waals surface area contributed by atoms with E-state index in [0.29, 0.717) is 12.4 Å². The van der Waals surface area contributed by atoms with Crippen LogP contribution < -0.4 is 4.74 Å². The second kappa shape index (κ2) is 5.40. The van der Waals surface area contributed by atoms with Crippen LogP contribution in [0.4, 0.5) is 13.2 Å². The molecule has 0 amide bonds. The summed E-state index contributed by atoms with van der Waals surface area (Å²) in [4.78, 5) is 0. The third-order valence-corrected chi connectivity index (χ3v) is 2.07. The van der Waals surface area contributed by atoms with Crippen LogP contribution in [0.25, 0.3) is 0 Å². The average Bonchev–Trinajstić information content (AvgIpc) is 2.24. The number of hydrogen-bond acceptors (Lipinski definition) is 2. The van der Waals surface area contributed by atoms with Crippen molar-refractivity contribution in [1.82, 2.24) is 0 Å². The largest absolute Gasteiger partial charge is 0.493 e. The molecule has 0 aliphatic carbocycles. The van der Waals surface area contributed by atoms with E-state index in [0.717, 1.165) is 0 Å². The molecule has 17 heavy (non-hydrogen) atoms. The zero-order chi connectivity index (χ0) is 13.1. The van der Waals surface area contributed by atoms with Gasteiger partial charge in [0.2, 0.25) is 0 Å². The minimum absolute atomic E-state index is 0.209. The summed E-state index contributed by atoms with van der Waals surface area (Å²) < 4.78 is 42.2. The fraction of sp³-hybridized carbons (Fsp3) is 0.500. The molecule has 0 saturated carbocycles. The van der Waals surface area contributed by atoms with Gasteiger partial charge in [0.1, 0.15) is 5.75 Å². The number of halogens is 3. The van der Waals surface area contributed by atoms with E-state index in [9.17, 15) is 13.2 Å². The van der Waals surface area contributed by atoms with Gasteiger partial charge in [-0.15, -0.1) is 0 Å². The van der Waals surface area contributed by atoms with E-state index in [1.807, 2.05) is 13.8 Å². The highest BCUT2D eigenvalue weighted by Crippen LogP contribution is 2.33. The minimum Gasteiger partial charge on any atom is -0.493 e. The number of hydrogen-bond donors (Lipinski definition) is 1. The number of aliphatic hydroxyl groups is 1. The Morgan fingerprint density at radius 3 is 2.47 bits per heavy atom. The first-order valence-electron chi connectivity index (χ1n) is 5.28. The molecular weight excluding hydrogens is 233 g/mol. The third-order valence-electron chi connectivity index (χ3n) is 2.07. The molecule has 1 atom stereocenters. The quantitative estimate of drug-likeness (QED) is 0.885. The smallest absolute Gasteiger partial charge is 0.418 e. The van der Waals surface area contributed by atoms with E-state index < -0.39 is 12.3 Å². The van der Waals surface area contributed by atoms with E-state index in [1.54, 1.807) is 6.07 Å². The molecule has 0 heterocycles. The summed E-state index contributed by atoms with van der Waals surface area (Å²) in [6, 6.07) is 5.43. The Balaban J connectivity index is 2.79. The van der Waals surface area contributed by atoms with Crippen LogP contribution in [-0.4, -0.2) is 17.9 Å². The van der Waals surface area contributed by atoms with Gasteiger partial charge in [-0.05, 0) is 23.6 Å². The molecule has 0 bridgehead atoms. The number of rotatable bonds is 4. The van der Waals surface area contributed by atoms with Crippen molar-refractivity contribution in [2.24, 2.45) is 5.92 Å². The van der Waals surface area contributed by atoms with Gasteiger partial charge >= 0.3 is 6.18 Å². The Hall–Kier alpha value is -1.23. The van der Waals surface area contributed by atoms with E-state index in [2.05, 4.69) is 0 Å². The SMILES string of the molecule is CC(C)COc1cccc(C(O)C(F)(F)F)c1. The van der Waals surface area contributed by atoms with Gasteiger partial charge in [0.05, 0.1) is 6.61 Å². The van der Waals surface area contributed by atoms with Crippen molar-refractivity contribution < 1.29 is 23.0 Å². The summed E-state index contributed by atoms with van der Waals surface area (Å²) in [7, 11) is 0. The van der Waals surface area contributed by atoms with Crippen LogP contribution >= 0.6 is 0 Å². The van der Waals surface area contributed by atoms with E-state index in [4.69, 9.17) is 9.84 Å². The third kappa shape index (κ3) is 4.26. The first-order valence-corrected chi connectivity index (χ1v) is 5.28. The summed E-state index contributed by atoms with van der Waals surface area (Å²) in [5, 5.41) is 9.08. The van der Waals surface area contributed by atoms with Gasteiger partial charge in [-0.1, -0.05) is 26.0 Å². The van der Waals surface area contributed by atoms with E-state index in [-0.39, 0.29) is 11.5 Å². The van der Waals surface area contributed by atoms with Crippen LogP contribution in [0.2, 0.25) is 0 Å². The molecule has 96 valence electrons. The molecule has 1 N–H and O–H groups in total. The van der Waals surface area contributed by atoms with Gasteiger partial charge in [-0.3, -0.25) is 0 Å². The Morgan fingerprint density at radius 2 is 1.94 bits per heavy atom. The molecule has 0 spiro atoms. The van der Waals surface area contributed by atoms with Gasteiger partial charge in [0.15, 0.2) is 6.10 Å². The lowest BCUT2D eigenvalue weighted by Gasteiger charge is -2.16. The lowest BCUT2D eigenvalue weighted by atomic mass is 10.1. The molecule has 0 saturated heterocycles. The normalized spacial score (nSPS) is 13.8. The van der Waals surface area contributed by atoms with Gasteiger partial charge in [0.25, 0.3) is 0 Å². The molecule has 0 aliphatic heterocycles. The molecule has 0 aliphatic rings.